The molecule has 1 aliphatic rings. The van der Waals surface area contributed by atoms with Crippen molar-refractivity contribution in [1.82, 2.24) is 20.5 Å². The summed E-state index contributed by atoms with van der Waals surface area (Å²) in [5, 5.41) is 9.24. The maximum Gasteiger partial charge on any atom is 0.340 e. The summed E-state index contributed by atoms with van der Waals surface area (Å²) in [5.74, 6) is 1.50. The van der Waals surface area contributed by atoms with Gasteiger partial charge in [-0.1, -0.05) is 11.6 Å². The normalized spacial score (nSPS) is 12.9. The molecule has 122 valence electrons. The molecule has 0 aliphatic carbocycles. The van der Waals surface area contributed by atoms with Crippen LogP contribution in [0.5, 0.6) is 11.5 Å². The first-order chi connectivity index (χ1) is 11.1. The van der Waals surface area contributed by atoms with Gasteiger partial charge < -0.3 is 14.8 Å². The first-order valence-corrected chi connectivity index (χ1v) is 7.48. The minimum absolute atomic E-state index is 0.132. The van der Waals surface area contributed by atoms with Crippen LogP contribution in [0.3, 0.4) is 0 Å². The van der Waals surface area contributed by atoms with Crippen LogP contribution in [0.1, 0.15) is 11.4 Å². The number of nitrogens with one attached hydrogen (secondary N) is 3. The van der Waals surface area contributed by atoms with Gasteiger partial charge in [0.2, 0.25) is 5.91 Å². The molecule has 0 saturated heterocycles. The van der Waals surface area contributed by atoms with Crippen LogP contribution in [0.25, 0.3) is 0 Å². The Morgan fingerprint density at radius 3 is 2.74 bits per heavy atom. The number of aromatic amines is 2. The highest BCUT2D eigenvalue weighted by Gasteiger charge is 2.16. The smallest absolute Gasteiger partial charge is 0.340 e. The maximum absolute atomic E-state index is 12.0. The van der Waals surface area contributed by atoms with Crippen molar-refractivity contribution in [3.63, 3.8) is 0 Å². The second kappa shape index (κ2) is 6.74. The van der Waals surface area contributed by atoms with Crippen LogP contribution >= 0.6 is 11.6 Å². The van der Waals surface area contributed by atoms with E-state index in [1.165, 1.54) is 0 Å². The van der Waals surface area contributed by atoms with Gasteiger partial charge in [0, 0.05) is 24.1 Å². The molecule has 1 aliphatic heterocycles. The van der Waals surface area contributed by atoms with Crippen LogP contribution in [0.2, 0.25) is 5.02 Å². The van der Waals surface area contributed by atoms with Gasteiger partial charge in [0.25, 0.3) is 0 Å². The first kappa shape index (κ1) is 15.4. The molecular weight excluding hydrogens is 324 g/mol. The van der Waals surface area contributed by atoms with Crippen molar-refractivity contribution < 1.29 is 14.3 Å². The number of carbonyl (C=O) groups is 1. The minimum atomic E-state index is -0.366. The third kappa shape index (κ3) is 3.84. The average Bonchev–Trinajstić information content (AvgIpc) is 2.93. The number of benzene rings is 1. The van der Waals surface area contributed by atoms with E-state index < -0.39 is 0 Å². The standard InChI is InChI=1S/C14H15ClN4O4/c15-9-7-11-10(22-3-4-23-11)5-8(9)6-13(20)16-2-1-12-17-14(21)19-18-12/h5,7H,1-4,6H2,(H,16,20)(H2,17,18,19,21). The summed E-state index contributed by atoms with van der Waals surface area (Å²) in [6.07, 6.45) is 0.561. The third-order valence-corrected chi connectivity index (χ3v) is 3.65. The Bertz CT molecular complexity index is 770. The lowest BCUT2D eigenvalue weighted by molar-refractivity contribution is -0.120. The lowest BCUT2D eigenvalue weighted by atomic mass is 10.1. The Morgan fingerprint density at radius 1 is 1.30 bits per heavy atom. The molecule has 0 radical (unpaired) electrons. The van der Waals surface area contributed by atoms with E-state index in [1.54, 1.807) is 12.1 Å². The van der Waals surface area contributed by atoms with Crippen molar-refractivity contribution in [2.24, 2.45) is 0 Å². The highest BCUT2D eigenvalue weighted by Crippen LogP contribution is 2.35. The van der Waals surface area contributed by atoms with Crippen LogP contribution in [0.15, 0.2) is 16.9 Å². The van der Waals surface area contributed by atoms with Crippen LogP contribution < -0.4 is 20.5 Å². The zero-order chi connectivity index (χ0) is 16.2. The lowest BCUT2D eigenvalue weighted by Crippen LogP contribution is -2.27. The largest absolute Gasteiger partial charge is 0.486 e. The third-order valence-electron chi connectivity index (χ3n) is 3.30. The van der Waals surface area contributed by atoms with E-state index in [-0.39, 0.29) is 18.0 Å². The molecule has 2 heterocycles. The maximum atomic E-state index is 12.0. The zero-order valence-corrected chi connectivity index (χ0v) is 12.9. The molecule has 0 saturated carbocycles. The Balaban J connectivity index is 1.56. The summed E-state index contributed by atoms with van der Waals surface area (Å²) in [6.45, 7) is 1.32. The summed E-state index contributed by atoms with van der Waals surface area (Å²) >= 11 is 6.17. The molecule has 3 rings (SSSR count). The van der Waals surface area contributed by atoms with E-state index in [4.69, 9.17) is 21.1 Å². The van der Waals surface area contributed by atoms with Crippen LogP contribution in [-0.4, -0.2) is 40.8 Å². The number of aromatic nitrogens is 3. The van der Waals surface area contributed by atoms with Gasteiger partial charge in [0.15, 0.2) is 11.5 Å². The van der Waals surface area contributed by atoms with Gasteiger partial charge in [-0.3, -0.25) is 9.78 Å². The highest BCUT2D eigenvalue weighted by atomic mass is 35.5. The minimum Gasteiger partial charge on any atom is -0.486 e. The van der Waals surface area contributed by atoms with Gasteiger partial charge in [-0.15, -0.1) is 0 Å². The van der Waals surface area contributed by atoms with Gasteiger partial charge in [-0.05, 0) is 11.6 Å². The van der Waals surface area contributed by atoms with Gasteiger partial charge in [-0.25, -0.2) is 9.89 Å². The summed E-state index contributed by atoms with van der Waals surface area (Å²) in [7, 11) is 0. The molecule has 0 spiro atoms. The molecule has 1 amide bonds. The van der Waals surface area contributed by atoms with Crippen molar-refractivity contribution in [1.29, 1.82) is 0 Å². The monoisotopic (exact) mass is 338 g/mol. The number of halogens is 1. The van der Waals surface area contributed by atoms with Crippen molar-refractivity contribution in [2.45, 2.75) is 12.8 Å². The molecule has 2 aromatic rings. The van der Waals surface area contributed by atoms with E-state index in [2.05, 4.69) is 20.5 Å². The van der Waals surface area contributed by atoms with Crippen molar-refractivity contribution in [2.75, 3.05) is 19.8 Å². The Kier molecular flexibility index (Phi) is 4.52. The van der Waals surface area contributed by atoms with Crippen molar-refractivity contribution in [3.8, 4) is 11.5 Å². The van der Waals surface area contributed by atoms with E-state index in [9.17, 15) is 9.59 Å². The quantitative estimate of drug-likeness (QED) is 0.732. The fourth-order valence-electron chi connectivity index (χ4n) is 2.22. The van der Waals surface area contributed by atoms with Crippen molar-refractivity contribution in [3.05, 3.63) is 39.0 Å². The van der Waals surface area contributed by atoms with Crippen LogP contribution in [0.4, 0.5) is 0 Å². The van der Waals surface area contributed by atoms with E-state index in [0.29, 0.717) is 54.1 Å². The highest BCUT2D eigenvalue weighted by molar-refractivity contribution is 6.31. The molecule has 0 unspecified atom stereocenters. The first-order valence-electron chi connectivity index (χ1n) is 7.10. The molecule has 9 heteroatoms. The fraction of sp³-hybridized carbons (Fsp3) is 0.357. The Morgan fingerprint density at radius 2 is 2.04 bits per heavy atom. The number of hydrogen-bond donors (Lipinski definition) is 3. The summed E-state index contributed by atoms with van der Waals surface area (Å²) in [6, 6.07) is 3.38. The van der Waals surface area contributed by atoms with Crippen molar-refractivity contribution >= 4 is 17.5 Å². The number of H-pyrrole nitrogens is 2. The number of nitrogens with zero attached hydrogens (tertiary/aromatic N) is 1. The number of hydrogen-bond acceptors (Lipinski definition) is 5. The number of amides is 1. The number of fused-ring (bicyclic) bond motifs is 1. The molecule has 0 atom stereocenters. The van der Waals surface area contributed by atoms with Crippen LogP contribution in [0, 0.1) is 0 Å². The molecule has 1 aromatic heterocycles. The average molecular weight is 339 g/mol. The van der Waals surface area contributed by atoms with Gasteiger partial charge in [-0.2, -0.15) is 5.10 Å². The zero-order valence-electron chi connectivity index (χ0n) is 12.1. The molecule has 0 bridgehead atoms. The SMILES string of the molecule is O=C(Cc1cc2c(cc1Cl)OCCO2)NCCc1n[nH]c(=O)[nH]1. The number of carbonyl (C=O) groups excluding carboxylic acids is 1. The summed E-state index contributed by atoms with van der Waals surface area (Å²) in [5.41, 5.74) is 0.302. The molecule has 0 fully saturated rings. The Labute approximate surface area is 136 Å². The van der Waals surface area contributed by atoms with Gasteiger partial charge in [0.1, 0.15) is 19.0 Å². The fourth-order valence-corrected chi connectivity index (χ4v) is 2.44. The molecular formula is C14H15ClN4O4. The van der Waals surface area contributed by atoms with E-state index >= 15 is 0 Å². The van der Waals surface area contributed by atoms with Crippen LogP contribution in [-0.2, 0) is 17.6 Å². The molecule has 1 aromatic carbocycles. The van der Waals surface area contributed by atoms with Gasteiger partial charge in [0.05, 0.1) is 6.42 Å². The molecule has 23 heavy (non-hydrogen) atoms. The summed E-state index contributed by atoms with van der Waals surface area (Å²) in [4.78, 5) is 25.4. The summed E-state index contributed by atoms with van der Waals surface area (Å²) < 4.78 is 10.9. The Hall–Kier alpha value is -2.48. The second-order valence-corrected chi connectivity index (χ2v) is 5.40. The number of rotatable bonds is 5. The molecule has 8 nitrogen and oxygen atoms in total. The van der Waals surface area contributed by atoms with Gasteiger partial charge >= 0.3 is 5.69 Å². The predicted octanol–water partition coefficient (Wildman–Crippen LogP) is 0.424. The second-order valence-electron chi connectivity index (χ2n) is 4.99. The topological polar surface area (TPSA) is 109 Å². The van der Waals surface area contributed by atoms with E-state index in [0.717, 1.165) is 0 Å². The predicted molar refractivity (Wildman–Crippen MR) is 82.1 cm³/mol. The lowest BCUT2D eigenvalue weighted by Gasteiger charge is -2.19. The van der Waals surface area contributed by atoms with E-state index in [1.807, 2.05) is 0 Å². The number of ether oxygens (including phenoxy) is 2. The molecule has 3 N–H and O–H groups in total.